The van der Waals surface area contributed by atoms with Crippen LogP contribution in [0, 0.1) is 11.8 Å². The van der Waals surface area contributed by atoms with Gasteiger partial charge in [0.15, 0.2) is 0 Å². The van der Waals surface area contributed by atoms with Crippen molar-refractivity contribution < 1.29 is 19.1 Å². The Labute approximate surface area is 101 Å². The third-order valence-corrected chi connectivity index (χ3v) is 3.25. The van der Waals surface area contributed by atoms with Crippen LogP contribution in [0.1, 0.15) is 27.2 Å². The minimum Gasteiger partial charge on any atom is -0.469 e. The molecule has 96 valence electrons. The molecule has 1 saturated carbocycles. The predicted molar refractivity (Wildman–Crippen MR) is 60.3 cm³/mol. The first-order chi connectivity index (χ1) is 7.83. The van der Waals surface area contributed by atoms with Crippen LogP contribution in [0.25, 0.3) is 0 Å². The quantitative estimate of drug-likeness (QED) is 0.651. The van der Waals surface area contributed by atoms with E-state index in [-0.39, 0.29) is 29.9 Å². The Hall–Kier alpha value is -1.26. The Morgan fingerprint density at radius 2 is 1.94 bits per heavy atom. The topological polar surface area (TPSA) is 55.8 Å². The summed E-state index contributed by atoms with van der Waals surface area (Å²) in [7, 11) is 1.38. The molecule has 0 unspecified atom stereocenters. The van der Waals surface area contributed by atoms with Crippen LogP contribution < -0.4 is 0 Å². The lowest BCUT2D eigenvalue weighted by atomic mass is 10.1. The SMILES string of the molecule is COC(=O)[C@@H]1CN(C(=O)OC(C)(C)C)[C@@H]2C[C@H]21. The van der Waals surface area contributed by atoms with Gasteiger partial charge in [0, 0.05) is 12.6 Å². The molecular weight excluding hydrogens is 222 g/mol. The molecule has 1 saturated heterocycles. The molecule has 0 radical (unpaired) electrons. The highest BCUT2D eigenvalue weighted by Crippen LogP contribution is 2.49. The molecule has 0 N–H and O–H groups in total. The van der Waals surface area contributed by atoms with Crippen molar-refractivity contribution >= 4 is 12.1 Å². The van der Waals surface area contributed by atoms with Crippen molar-refractivity contribution in [1.29, 1.82) is 0 Å². The fraction of sp³-hybridized carbons (Fsp3) is 0.833. The normalized spacial score (nSPS) is 30.8. The molecule has 5 heteroatoms. The van der Waals surface area contributed by atoms with Gasteiger partial charge >= 0.3 is 12.1 Å². The van der Waals surface area contributed by atoms with Gasteiger partial charge in [-0.05, 0) is 33.1 Å². The second-order valence-corrected chi connectivity index (χ2v) is 5.73. The molecule has 17 heavy (non-hydrogen) atoms. The molecule has 1 aliphatic heterocycles. The molecule has 0 bridgehead atoms. The second-order valence-electron chi connectivity index (χ2n) is 5.73. The number of carbonyl (C=O) groups excluding carboxylic acids is 2. The molecule has 2 aliphatic rings. The van der Waals surface area contributed by atoms with Crippen molar-refractivity contribution in [2.45, 2.75) is 38.8 Å². The summed E-state index contributed by atoms with van der Waals surface area (Å²) < 4.78 is 10.1. The lowest BCUT2D eigenvalue weighted by molar-refractivity contribution is -0.145. The van der Waals surface area contributed by atoms with Crippen LogP contribution in [0.2, 0.25) is 0 Å². The summed E-state index contributed by atoms with van der Waals surface area (Å²) in [5.74, 6) is -0.115. The maximum atomic E-state index is 11.9. The average Bonchev–Trinajstić information content (AvgIpc) is 2.89. The molecule has 2 rings (SSSR count). The van der Waals surface area contributed by atoms with Crippen molar-refractivity contribution in [1.82, 2.24) is 4.90 Å². The number of rotatable bonds is 1. The van der Waals surface area contributed by atoms with Gasteiger partial charge in [0.2, 0.25) is 0 Å². The van der Waals surface area contributed by atoms with Crippen molar-refractivity contribution in [3.63, 3.8) is 0 Å². The van der Waals surface area contributed by atoms with E-state index < -0.39 is 5.60 Å². The van der Waals surface area contributed by atoms with Gasteiger partial charge in [-0.1, -0.05) is 0 Å². The highest BCUT2D eigenvalue weighted by atomic mass is 16.6. The summed E-state index contributed by atoms with van der Waals surface area (Å²) in [4.78, 5) is 25.1. The number of hydrogen-bond acceptors (Lipinski definition) is 4. The second kappa shape index (κ2) is 3.89. The van der Waals surface area contributed by atoms with Gasteiger partial charge in [-0.15, -0.1) is 0 Å². The summed E-state index contributed by atoms with van der Waals surface area (Å²) in [5, 5.41) is 0. The number of amides is 1. The molecule has 5 nitrogen and oxygen atoms in total. The van der Waals surface area contributed by atoms with E-state index in [1.54, 1.807) is 4.90 Å². The fourth-order valence-corrected chi connectivity index (χ4v) is 2.40. The van der Waals surface area contributed by atoms with Gasteiger partial charge in [-0.2, -0.15) is 0 Å². The van der Waals surface area contributed by atoms with Crippen LogP contribution in [-0.2, 0) is 14.3 Å². The van der Waals surface area contributed by atoms with E-state index in [0.717, 1.165) is 6.42 Å². The van der Waals surface area contributed by atoms with Crippen LogP contribution in [0.4, 0.5) is 4.79 Å². The first kappa shape index (κ1) is 12.2. The summed E-state index contributed by atoms with van der Waals surface area (Å²) in [6, 6.07) is 0.175. The van der Waals surface area contributed by atoms with Gasteiger partial charge < -0.3 is 14.4 Å². The first-order valence-electron chi connectivity index (χ1n) is 5.91. The van der Waals surface area contributed by atoms with E-state index in [1.165, 1.54) is 7.11 Å². The van der Waals surface area contributed by atoms with Gasteiger partial charge in [0.05, 0.1) is 13.0 Å². The Bertz CT molecular complexity index is 347. The number of ether oxygens (including phenoxy) is 2. The Morgan fingerprint density at radius 3 is 2.47 bits per heavy atom. The molecule has 0 aromatic heterocycles. The van der Waals surface area contributed by atoms with E-state index in [1.807, 2.05) is 20.8 Å². The zero-order chi connectivity index (χ0) is 12.8. The lowest BCUT2D eigenvalue weighted by Gasteiger charge is -2.25. The van der Waals surface area contributed by atoms with Crippen LogP contribution in [0.5, 0.6) is 0 Å². The average molecular weight is 241 g/mol. The van der Waals surface area contributed by atoms with Crippen molar-refractivity contribution in [3.05, 3.63) is 0 Å². The zero-order valence-corrected chi connectivity index (χ0v) is 10.7. The molecule has 0 aromatic carbocycles. The third-order valence-electron chi connectivity index (χ3n) is 3.25. The molecule has 0 spiro atoms. The molecule has 1 aliphatic carbocycles. The number of nitrogens with zero attached hydrogens (tertiary/aromatic N) is 1. The third kappa shape index (κ3) is 2.37. The van der Waals surface area contributed by atoms with E-state index in [2.05, 4.69) is 0 Å². The number of carbonyl (C=O) groups is 2. The van der Waals surface area contributed by atoms with Crippen molar-refractivity contribution in [2.75, 3.05) is 13.7 Å². The Kier molecular flexibility index (Phi) is 2.79. The van der Waals surface area contributed by atoms with Crippen LogP contribution in [0.15, 0.2) is 0 Å². The number of esters is 1. The summed E-state index contributed by atoms with van der Waals surface area (Å²) in [6.45, 7) is 5.94. The number of fused-ring (bicyclic) bond motifs is 1. The largest absolute Gasteiger partial charge is 0.469 e. The smallest absolute Gasteiger partial charge is 0.410 e. The predicted octanol–water partition coefficient (Wildman–Crippen LogP) is 1.41. The molecule has 3 atom stereocenters. The van der Waals surface area contributed by atoms with E-state index in [0.29, 0.717) is 6.54 Å². The summed E-state index contributed by atoms with van der Waals surface area (Å²) in [6.07, 6.45) is 0.565. The van der Waals surface area contributed by atoms with Crippen LogP contribution in [-0.4, -0.2) is 42.3 Å². The van der Waals surface area contributed by atoms with Crippen LogP contribution in [0.3, 0.4) is 0 Å². The van der Waals surface area contributed by atoms with E-state index >= 15 is 0 Å². The monoisotopic (exact) mass is 241 g/mol. The Morgan fingerprint density at radius 1 is 1.29 bits per heavy atom. The van der Waals surface area contributed by atoms with Gasteiger partial charge in [0.1, 0.15) is 5.60 Å². The van der Waals surface area contributed by atoms with E-state index in [9.17, 15) is 9.59 Å². The lowest BCUT2D eigenvalue weighted by Crippen LogP contribution is -2.38. The maximum Gasteiger partial charge on any atom is 0.410 e. The number of piperidine rings is 1. The fourth-order valence-electron chi connectivity index (χ4n) is 2.40. The molecule has 0 aromatic rings. The standard InChI is InChI=1S/C12H19NO4/c1-12(2,3)17-11(15)13-6-8(10(14)16-4)7-5-9(7)13/h7-9H,5-6H2,1-4H3/t7-,8+,9+/m0/s1. The minimum absolute atomic E-state index is 0.169. The molecule has 2 fully saturated rings. The molecule has 1 heterocycles. The number of hydrogen-bond donors (Lipinski definition) is 0. The van der Waals surface area contributed by atoms with Crippen molar-refractivity contribution in [2.24, 2.45) is 11.8 Å². The van der Waals surface area contributed by atoms with Crippen LogP contribution >= 0.6 is 0 Å². The van der Waals surface area contributed by atoms with Crippen molar-refractivity contribution in [3.8, 4) is 0 Å². The summed E-state index contributed by atoms with van der Waals surface area (Å²) in [5.41, 5.74) is -0.495. The molecular formula is C12H19NO4. The first-order valence-corrected chi connectivity index (χ1v) is 5.91. The highest BCUT2D eigenvalue weighted by molar-refractivity contribution is 5.77. The zero-order valence-electron chi connectivity index (χ0n) is 10.7. The van der Waals surface area contributed by atoms with Gasteiger partial charge in [-0.25, -0.2) is 4.79 Å². The minimum atomic E-state index is -0.495. The van der Waals surface area contributed by atoms with E-state index in [4.69, 9.17) is 9.47 Å². The number of likely N-dealkylation sites (tertiary alicyclic amines) is 1. The Balaban J connectivity index is 1.97. The van der Waals surface area contributed by atoms with Gasteiger partial charge in [-0.3, -0.25) is 4.79 Å². The molecule has 1 amide bonds. The van der Waals surface area contributed by atoms with Gasteiger partial charge in [0.25, 0.3) is 0 Å². The summed E-state index contributed by atoms with van der Waals surface area (Å²) >= 11 is 0. The highest BCUT2D eigenvalue weighted by Gasteiger charge is 2.58. The maximum absolute atomic E-state index is 11.9. The number of methoxy groups -OCH3 is 1.